The molecule has 0 aliphatic carbocycles. The number of benzene rings is 2. The molecule has 3 amide bonds. The van der Waals surface area contributed by atoms with Crippen LogP contribution in [0.1, 0.15) is 34.1 Å². The number of carboxylic acids is 1. The van der Waals surface area contributed by atoms with Gasteiger partial charge in [-0.1, -0.05) is 60.7 Å². The normalized spacial score (nSPS) is 14.8. The number of urea groups is 1. The van der Waals surface area contributed by atoms with Gasteiger partial charge in [0.05, 0.1) is 0 Å². The first-order valence-corrected chi connectivity index (χ1v) is 12.9. The summed E-state index contributed by atoms with van der Waals surface area (Å²) in [5, 5.41) is 24.5. The smallest absolute Gasteiger partial charge is 0.475 e. The van der Waals surface area contributed by atoms with E-state index in [1.54, 1.807) is 6.07 Å². The second kappa shape index (κ2) is 14.7. The zero-order valence-corrected chi connectivity index (χ0v) is 22.3. The van der Waals surface area contributed by atoms with Crippen LogP contribution < -0.4 is 16.0 Å². The maximum Gasteiger partial charge on any atom is 0.490 e. The van der Waals surface area contributed by atoms with Gasteiger partial charge in [-0.3, -0.25) is 10.1 Å². The molecule has 2 aromatic carbocycles. The third kappa shape index (κ3) is 9.87. The van der Waals surface area contributed by atoms with Crippen LogP contribution in [0.2, 0.25) is 0 Å². The minimum absolute atomic E-state index is 0.147. The van der Waals surface area contributed by atoms with Crippen molar-refractivity contribution in [3.8, 4) is 0 Å². The molecule has 1 aliphatic heterocycles. The number of carboxylic acid groups (broad SMARTS) is 1. The highest BCUT2D eigenvalue weighted by Gasteiger charge is 2.38. The lowest BCUT2D eigenvalue weighted by molar-refractivity contribution is -0.192. The summed E-state index contributed by atoms with van der Waals surface area (Å²) in [5.41, 5.74) is 3.32. The first-order chi connectivity index (χ1) is 19.6. The number of alkyl halides is 3. The van der Waals surface area contributed by atoms with Crippen molar-refractivity contribution < 1.29 is 32.7 Å². The largest absolute Gasteiger partial charge is 0.490 e. The number of nitrogens with one attached hydrogen (secondary N) is 3. The summed E-state index contributed by atoms with van der Waals surface area (Å²) in [5.74, 6) is -2.55. The Kier molecular flexibility index (Phi) is 11.2. The van der Waals surface area contributed by atoms with Crippen molar-refractivity contribution in [2.45, 2.75) is 32.0 Å². The molecular weight excluding hydrogens is 541 g/mol. The van der Waals surface area contributed by atoms with Gasteiger partial charge in [0, 0.05) is 44.2 Å². The number of piperazine rings is 1. The minimum Gasteiger partial charge on any atom is -0.475 e. The number of nitrogens with zero attached hydrogens (tertiary/aromatic N) is 3. The van der Waals surface area contributed by atoms with Crippen molar-refractivity contribution in [3.63, 3.8) is 0 Å². The Morgan fingerprint density at radius 3 is 2.22 bits per heavy atom. The summed E-state index contributed by atoms with van der Waals surface area (Å²) in [6.07, 6.45) is -3.71. The zero-order chi connectivity index (χ0) is 29.8. The van der Waals surface area contributed by atoms with Gasteiger partial charge in [-0.15, -0.1) is 10.2 Å². The summed E-state index contributed by atoms with van der Waals surface area (Å²) in [6, 6.07) is 21.7. The lowest BCUT2D eigenvalue weighted by Crippen LogP contribution is -2.53. The SMILES string of the molecule is CCNC(=O)Nc1nnc(C(=O)N2CCN[C@@H](Cc3ccccc3)C2)cc1Cc1ccccc1.O=C(O)C(F)(F)F. The van der Waals surface area contributed by atoms with Crippen LogP contribution in [0.5, 0.6) is 0 Å². The molecule has 0 bridgehead atoms. The monoisotopic (exact) mass is 572 g/mol. The first-order valence-electron chi connectivity index (χ1n) is 12.9. The van der Waals surface area contributed by atoms with Gasteiger partial charge in [0.2, 0.25) is 0 Å². The van der Waals surface area contributed by atoms with Crippen molar-refractivity contribution in [2.24, 2.45) is 0 Å². The van der Waals surface area contributed by atoms with Gasteiger partial charge >= 0.3 is 18.2 Å². The predicted octanol–water partition coefficient (Wildman–Crippen LogP) is 3.50. The van der Waals surface area contributed by atoms with E-state index in [2.05, 4.69) is 38.3 Å². The number of aromatic nitrogens is 2. The Labute approximate surface area is 235 Å². The Balaban J connectivity index is 0.000000587. The van der Waals surface area contributed by atoms with E-state index in [-0.39, 0.29) is 23.7 Å². The molecule has 218 valence electrons. The molecule has 1 aliphatic rings. The highest BCUT2D eigenvalue weighted by molar-refractivity contribution is 5.93. The molecule has 0 radical (unpaired) electrons. The van der Waals surface area contributed by atoms with Crippen LogP contribution in [0.3, 0.4) is 0 Å². The Hall–Kier alpha value is -4.52. The van der Waals surface area contributed by atoms with E-state index in [9.17, 15) is 22.8 Å². The lowest BCUT2D eigenvalue weighted by Gasteiger charge is -2.33. The van der Waals surface area contributed by atoms with Gasteiger partial charge in [-0.05, 0) is 30.5 Å². The second-order valence-electron chi connectivity index (χ2n) is 9.15. The van der Waals surface area contributed by atoms with E-state index < -0.39 is 12.1 Å². The quantitative estimate of drug-likeness (QED) is 0.340. The van der Waals surface area contributed by atoms with Crippen LogP contribution in [-0.2, 0) is 17.6 Å². The van der Waals surface area contributed by atoms with Gasteiger partial charge in [-0.25, -0.2) is 9.59 Å². The van der Waals surface area contributed by atoms with Crippen LogP contribution in [0.15, 0.2) is 66.7 Å². The van der Waals surface area contributed by atoms with Crippen molar-refractivity contribution in [3.05, 3.63) is 89.1 Å². The Morgan fingerprint density at radius 1 is 1.02 bits per heavy atom. The number of hydrogen-bond acceptors (Lipinski definition) is 6. The molecular formula is C28H31F3N6O4. The molecule has 4 rings (SSSR count). The van der Waals surface area contributed by atoms with E-state index in [1.165, 1.54) is 5.56 Å². The maximum atomic E-state index is 13.3. The molecule has 41 heavy (non-hydrogen) atoms. The summed E-state index contributed by atoms with van der Waals surface area (Å²) in [4.78, 5) is 36.2. The predicted molar refractivity (Wildman–Crippen MR) is 146 cm³/mol. The molecule has 2 heterocycles. The van der Waals surface area contributed by atoms with Gasteiger partial charge < -0.3 is 20.6 Å². The van der Waals surface area contributed by atoms with Crippen LogP contribution >= 0.6 is 0 Å². The number of halogens is 3. The molecule has 10 nitrogen and oxygen atoms in total. The Morgan fingerprint density at radius 2 is 1.63 bits per heavy atom. The van der Waals surface area contributed by atoms with Crippen LogP contribution in [0, 0.1) is 0 Å². The van der Waals surface area contributed by atoms with Gasteiger partial charge in [-0.2, -0.15) is 13.2 Å². The highest BCUT2D eigenvalue weighted by Crippen LogP contribution is 2.19. The third-order valence-corrected chi connectivity index (χ3v) is 6.01. The maximum absolute atomic E-state index is 13.3. The number of hydrogen-bond donors (Lipinski definition) is 4. The molecule has 0 spiro atoms. The number of rotatable bonds is 7. The van der Waals surface area contributed by atoms with Crippen molar-refractivity contribution in [2.75, 3.05) is 31.5 Å². The highest BCUT2D eigenvalue weighted by atomic mass is 19.4. The number of aliphatic carboxylic acids is 1. The summed E-state index contributed by atoms with van der Waals surface area (Å²) >= 11 is 0. The number of amides is 3. The summed E-state index contributed by atoms with van der Waals surface area (Å²) in [6.45, 7) is 4.28. The van der Waals surface area contributed by atoms with Crippen LogP contribution in [0.25, 0.3) is 0 Å². The van der Waals surface area contributed by atoms with E-state index in [4.69, 9.17) is 9.90 Å². The molecule has 1 atom stereocenters. The van der Waals surface area contributed by atoms with E-state index in [0.29, 0.717) is 31.9 Å². The second-order valence-corrected chi connectivity index (χ2v) is 9.15. The number of anilines is 1. The Bertz CT molecular complexity index is 1310. The topological polar surface area (TPSA) is 137 Å². The minimum atomic E-state index is -5.08. The lowest BCUT2D eigenvalue weighted by atomic mass is 10.0. The summed E-state index contributed by atoms with van der Waals surface area (Å²) < 4.78 is 31.7. The van der Waals surface area contributed by atoms with Crippen molar-refractivity contribution in [1.29, 1.82) is 0 Å². The van der Waals surface area contributed by atoms with Crippen molar-refractivity contribution >= 4 is 23.7 Å². The molecule has 1 aromatic heterocycles. The van der Waals surface area contributed by atoms with Crippen molar-refractivity contribution in [1.82, 2.24) is 25.7 Å². The average molecular weight is 573 g/mol. The standard InChI is InChI=1S/C26H30N6O2.C2HF3O2/c1-2-27-26(34)29-24-21(15-19-9-5-3-6-10-19)17-23(30-31-24)25(33)32-14-13-28-22(18-32)16-20-11-7-4-8-12-20;3-2(4,5)1(6)7/h3-12,17,22,28H,2,13-16,18H2,1H3,(H2,27,29,31,34);(H,6,7)/t22-;/m0./s1. The fourth-order valence-corrected chi connectivity index (χ4v) is 4.11. The van der Waals surface area contributed by atoms with Crippen LogP contribution in [-0.4, -0.2) is 76.5 Å². The fourth-order valence-electron chi connectivity index (χ4n) is 4.11. The average Bonchev–Trinajstić information content (AvgIpc) is 2.95. The molecule has 1 saturated heterocycles. The molecule has 4 N–H and O–H groups in total. The van der Waals surface area contributed by atoms with Gasteiger partial charge in [0.25, 0.3) is 5.91 Å². The van der Waals surface area contributed by atoms with E-state index in [0.717, 1.165) is 24.1 Å². The molecule has 0 saturated carbocycles. The van der Waals surface area contributed by atoms with E-state index >= 15 is 0 Å². The number of carbonyl (C=O) groups excluding carboxylic acids is 2. The molecule has 3 aromatic rings. The third-order valence-electron chi connectivity index (χ3n) is 6.01. The summed E-state index contributed by atoms with van der Waals surface area (Å²) in [7, 11) is 0. The number of carbonyl (C=O) groups is 3. The van der Waals surface area contributed by atoms with Gasteiger partial charge in [0.1, 0.15) is 0 Å². The molecule has 0 unspecified atom stereocenters. The fraction of sp³-hybridized carbons (Fsp3) is 0.321. The first kappa shape index (κ1) is 31.0. The van der Waals surface area contributed by atoms with Gasteiger partial charge in [0.15, 0.2) is 11.5 Å². The van der Waals surface area contributed by atoms with E-state index in [1.807, 2.05) is 60.4 Å². The molecule has 13 heteroatoms. The molecule has 1 fully saturated rings. The van der Waals surface area contributed by atoms with Crippen LogP contribution in [0.4, 0.5) is 23.8 Å². The zero-order valence-electron chi connectivity index (χ0n) is 22.3.